The lowest BCUT2D eigenvalue weighted by atomic mass is 10.1. The SMILES string of the molecule is C=CC(=O)[N+]12CCN(C[C@H](Oc3ccc(C(=O)Nc4ccc(CC)cn4)cc3)c3ccc(C)c(F)c3)CC1[C@H]2C. The Morgan fingerprint density at radius 1 is 1.23 bits per heavy atom. The van der Waals surface area contributed by atoms with E-state index in [0.29, 0.717) is 33.7 Å². The summed E-state index contributed by atoms with van der Waals surface area (Å²) in [5.74, 6) is 0.622. The summed E-state index contributed by atoms with van der Waals surface area (Å²) in [4.78, 5) is 31.9. The average Bonchev–Trinajstić information content (AvgIpc) is 3.58. The molecule has 0 radical (unpaired) electrons. The first kappa shape index (κ1) is 27.7. The predicted octanol–water partition coefficient (Wildman–Crippen LogP) is 5.08. The Morgan fingerprint density at radius 3 is 2.62 bits per heavy atom. The van der Waals surface area contributed by atoms with Crippen LogP contribution in [0.5, 0.6) is 5.75 Å². The van der Waals surface area contributed by atoms with E-state index in [9.17, 15) is 14.0 Å². The molecule has 8 heteroatoms. The second-order valence-electron chi connectivity index (χ2n) is 10.8. The van der Waals surface area contributed by atoms with E-state index in [1.165, 1.54) is 12.1 Å². The Labute approximate surface area is 234 Å². The summed E-state index contributed by atoms with van der Waals surface area (Å²) >= 11 is 0. The summed E-state index contributed by atoms with van der Waals surface area (Å²) in [6.07, 6.45) is 3.64. The number of nitrogens with one attached hydrogen (secondary N) is 1. The smallest absolute Gasteiger partial charge is 0.338 e. The van der Waals surface area contributed by atoms with Gasteiger partial charge in [0.1, 0.15) is 29.5 Å². The molecule has 5 rings (SSSR count). The fourth-order valence-corrected chi connectivity index (χ4v) is 5.78. The number of carbonyl (C=O) groups is 2. The van der Waals surface area contributed by atoms with E-state index in [0.717, 1.165) is 37.2 Å². The van der Waals surface area contributed by atoms with Crippen LogP contribution in [-0.2, 0) is 11.2 Å². The molecule has 3 aromatic rings. The number of aryl methyl sites for hydroxylation is 2. The number of halogens is 1. The molecule has 0 aliphatic carbocycles. The van der Waals surface area contributed by atoms with Crippen LogP contribution in [0, 0.1) is 12.7 Å². The maximum Gasteiger partial charge on any atom is 0.338 e. The van der Waals surface area contributed by atoms with Gasteiger partial charge in [-0.2, -0.15) is 0 Å². The molecule has 2 unspecified atom stereocenters. The van der Waals surface area contributed by atoms with Crippen molar-refractivity contribution in [3.05, 3.63) is 102 Å². The van der Waals surface area contributed by atoms with E-state index in [4.69, 9.17) is 4.74 Å². The number of rotatable bonds is 9. The number of piperazine rings is 1. The Bertz CT molecular complexity index is 1410. The van der Waals surface area contributed by atoms with E-state index >= 15 is 0 Å². The van der Waals surface area contributed by atoms with Crippen molar-refractivity contribution in [3.63, 3.8) is 0 Å². The van der Waals surface area contributed by atoms with Gasteiger partial charge in [0.15, 0.2) is 6.04 Å². The minimum Gasteiger partial charge on any atom is -0.484 e. The summed E-state index contributed by atoms with van der Waals surface area (Å²) in [5.41, 5.74) is 2.89. The lowest BCUT2D eigenvalue weighted by molar-refractivity contribution is -0.749. The number of quaternary nitrogens is 1. The van der Waals surface area contributed by atoms with Crippen molar-refractivity contribution in [1.29, 1.82) is 0 Å². The molecule has 2 aromatic carbocycles. The van der Waals surface area contributed by atoms with Crippen molar-refractivity contribution in [2.45, 2.75) is 45.4 Å². The fourth-order valence-electron chi connectivity index (χ4n) is 5.78. The van der Waals surface area contributed by atoms with Crippen LogP contribution < -0.4 is 10.1 Å². The maximum atomic E-state index is 14.6. The maximum absolute atomic E-state index is 14.6. The number of amides is 2. The molecule has 2 saturated heterocycles. The lowest BCUT2D eigenvalue weighted by Crippen LogP contribution is -2.50. The standard InChI is InChI=1S/C32H35FN4O3/c1-5-23-8-14-30(34-18-23)35-32(39)24-10-12-26(13-11-24)40-29(25-9-7-21(3)27(33)17-25)20-36-15-16-37(31(38)6-2)22(4)28(37)19-36/h6-14,17-18,22,28-29H,2,5,15-16,19-20H2,1,3-4H3/p+1/t22-,28?,29+,37?/m1/s1. The number of carbonyl (C=O) groups excluding carboxylic acids is 2. The molecule has 1 N–H and O–H groups in total. The van der Waals surface area contributed by atoms with E-state index in [-0.39, 0.29) is 29.7 Å². The number of hydrogen-bond donors (Lipinski definition) is 1. The Kier molecular flexibility index (Phi) is 7.83. The van der Waals surface area contributed by atoms with Gasteiger partial charge in [-0.1, -0.05) is 31.7 Å². The third kappa shape index (κ3) is 5.42. The average molecular weight is 544 g/mol. The number of benzene rings is 2. The van der Waals surface area contributed by atoms with E-state index in [2.05, 4.69) is 35.6 Å². The van der Waals surface area contributed by atoms with Gasteiger partial charge in [0, 0.05) is 30.9 Å². The van der Waals surface area contributed by atoms with Crippen molar-refractivity contribution in [2.24, 2.45) is 0 Å². The van der Waals surface area contributed by atoms with Crippen LogP contribution in [0.15, 0.2) is 73.4 Å². The molecular weight excluding hydrogens is 507 g/mol. The Balaban J connectivity index is 1.29. The number of ether oxygens (including phenoxy) is 1. The van der Waals surface area contributed by atoms with Gasteiger partial charge in [-0.15, -0.1) is 0 Å². The Morgan fingerprint density at radius 2 is 2.00 bits per heavy atom. The van der Waals surface area contributed by atoms with Crippen LogP contribution in [0.2, 0.25) is 0 Å². The molecule has 2 aliphatic rings. The zero-order valence-corrected chi connectivity index (χ0v) is 23.3. The minimum atomic E-state index is -0.430. The summed E-state index contributed by atoms with van der Waals surface area (Å²) in [5, 5.41) is 2.82. The number of hydrogen-bond acceptors (Lipinski definition) is 5. The van der Waals surface area contributed by atoms with Crippen molar-refractivity contribution in [1.82, 2.24) is 9.88 Å². The van der Waals surface area contributed by atoms with Gasteiger partial charge < -0.3 is 10.1 Å². The van der Waals surface area contributed by atoms with Crippen molar-refractivity contribution >= 4 is 17.6 Å². The monoisotopic (exact) mass is 543 g/mol. The van der Waals surface area contributed by atoms with Gasteiger partial charge >= 0.3 is 5.91 Å². The van der Waals surface area contributed by atoms with Gasteiger partial charge in [-0.25, -0.2) is 18.7 Å². The van der Waals surface area contributed by atoms with Crippen LogP contribution in [0.1, 0.15) is 47.0 Å². The Hall–Kier alpha value is -3.88. The molecule has 3 heterocycles. The highest BCUT2D eigenvalue weighted by atomic mass is 19.1. The van der Waals surface area contributed by atoms with Crippen molar-refractivity contribution in [2.75, 3.05) is 31.5 Å². The molecular formula is C32H36FN4O3+. The minimum absolute atomic E-state index is 0.0865. The van der Waals surface area contributed by atoms with Crippen LogP contribution >= 0.6 is 0 Å². The van der Waals surface area contributed by atoms with E-state index < -0.39 is 6.10 Å². The van der Waals surface area contributed by atoms with E-state index in [1.54, 1.807) is 49.5 Å². The van der Waals surface area contributed by atoms with Crippen molar-refractivity contribution in [3.8, 4) is 5.75 Å². The normalized spacial score (nSPS) is 22.6. The zero-order valence-electron chi connectivity index (χ0n) is 23.3. The molecule has 0 bridgehead atoms. The molecule has 2 aliphatic heterocycles. The number of pyridine rings is 1. The highest BCUT2D eigenvalue weighted by Crippen LogP contribution is 2.43. The number of anilines is 1. The van der Waals surface area contributed by atoms with Gasteiger partial charge in [-0.3, -0.25) is 9.69 Å². The summed E-state index contributed by atoms with van der Waals surface area (Å²) < 4.78 is 21.4. The lowest BCUT2D eigenvalue weighted by Gasteiger charge is -2.32. The van der Waals surface area contributed by atoms with Gasteiger partial charge in [0.25, 0.3) is 5.91 Å². The molecule has 1 aromatic heterocycles. The van der Waals surface area contributed by atoms with Crippen LogP contribution in [0.4, 0.5) is 10.2 Å². The molecule has 40 heavy (non-hydrogen) atoms. The molecule has 0 saturated carbocycles. The summed E-state index contributed by atoms with van der Waals surface area (Å²) in [7, 11) is 0. The van der Waals surface area contributed by atoms with Gasteiger partial charge in [0.05, 0.1) is 13.1 Å². The second-order valence-corrected chi connectivity index (χ2v) is 10.8. The molecule has 4 atom stereocenters. The highest BCUT2D eigenvalue weighted by molar-refractivity contribution is 6.03. The van der Waals surface area contributed by atoms with Crippen LogP contribution in [0.25, 0.3) is 0 Å². The molecule has 0 spiro atoms. The van der Waals surface area contributed by atoms with Gasteiger partial charge in [0.2, 0.25) is 0 Å². The zero-order chi connectivity index (χ0) is 28.4. The summed E-state index contributed by atoms with van der Waals surface area (Å²) in [6, 6.07) is 16.3. The quantitative estimate of drug-likeness (QED) is 0.232. The van der Waals surface area contributed by atoms with Gasteiger partial charge in [-0.05, 0) is 73.4 Å². The third-order valence-corrected chi connectivity index (χ3v) is 8.46. The number of aromatic nitrogens is 1. The molecule has 208 valence electrons. The molecule has 7 nitrogen and oxygen atoms in total. The molecule has 2 amide bonds. The number of nitrogens with zero attached hydrogens (tertiary/aromatic N) is 3. The molecule has 2 fully saturated rings. The first-order valence-corrected chi connectivity index (χ1v) is 13.8. The largest absolute Gasteiger partial charge is 0.484 e. The predicted molar refractivity (Wildman–Crippen MR) is 153 cm³/mol. The highest BCUT2D eigenvalue weighted by Gasteiger charge is 2.69. The third-order valence-electron chi connectivity index (χ3n) is 8.46. The first-order valence-electron chi connectivity index (χ1n) is 13.8. The van der Waals surface area contributed by atoms with Crippen LogP contribution in [-0.4, -0.2) is 64.4 Å². The topological polar surface area (TPSA) is 71.5 Å². The van der Waals surface area contributed by atoms with Crippen molar-refractivity contribution < 1.29 is 23.2 Å². The van der Waals surface area contributed by atoms with E-state index in [1.807, 2.05) is 12.1 Å². The first-order chi connectivity index (χ1) is 19.2. The number of fused-ring (bicyclic) bond motifs is 1. The summed E-state index contributed by atoms with van der Waals surface area (Å²) in [6.45, 7) is 12.4. The van der Waals surface area contributed by atoms with Crippen LogP contribution in [0.3, 0.4) is 0 Å². The second kappa shape index (κ2) is 11.3. The fraction of sp³-hybridized carbons (Fsp3) is 0.344.